The van der Waals surface area contributed by atoms with Crippen LogP contribution in [0, 0.1) is 0 Å². The molecule has 0 fully saturated rings. The summed E-state index contributed by atoms with van der Waals surface area (Å²) in [7, 11) is 0. The van der Waals surface area contributed by atoms with Gasteiger partial charge in [-0.3, -0.25) is 0 Å². The smallest absolute Gasteiger partial charge is 0.328 e. The van der Waals surface area contributed by atoms with E-state index in [-0.39, 0.29) is 0 Å². The molecule has 0 saturated carbocycles. The third kappa shape index (κ3) is 2.59. The van der Waals surface area contributed by atoms with Crippen LogP contribution >= 0.6 is 0 Å². The first-order chi connectivity index (χ1) is 12.1. The average Bonchev–Trinajstić information content (AvgIpc) is 3.19. The maximum Gasteiger partial charge on any atom is 0.328 e. The molecule has 0 unspecified atom stereocenters. The number of para-hydroxylation sites is 1. The Kier molecular flexibility index (Phi) is 3.42. The van der Waals surface area contributed by atoms with Crippen molar-refractivity contribution in [1.29, 1.82) is 0 Å². The van der Waals surface area contributed by atoms with E-state index in [1.165, 1.54) is 6.33 Å². The molecule has 0 atom stereocenters. The molecular formula is C17H14N6O2. The van der Waals surface area contributed by atoms with Crippen LogP contribution in [0.1, 0.15) is 11.1 Å². The van der Waals surface area contributed by atoms with Crippen LogP contribution in [0.15, 0.2) is 43.1 Å². The Bertz CT molecular complexity index is 1120. The molecular weight excluding hydrogens is 320 g/mol. The highest BCUT2D eigenvalue weighted by atomic mass is 16.4. The largest absolute Gasteiger partial charge is 0.478 e. The van der Waals surface area contributed by atoms with E-state index in [2.05, 4.69) is 19.9 Å². The van der Waals surface area contributed by atoms with E-state index < -0.39 is 5.97 Å². The van der Waals surface area contributed by atoms with Gasteiger partial charge in [0.2, 0.25) is 0 Å². The number of benzene rings is 1. The summed E-state index contributed by atoms with van der Waals surface area (Å²) in [6.07, 6.45) is 7.59. The second kappa shape index (κ2) is 5.75. The summed E-state index contributed by atoms with van der Waals surface area (Å²) >= 11 is 0. The van der Waals surface area contributed by atoms with Gasteiger partial charge < -0.3 is 20.4 Å². The first-order valence-corrected chi connectivity index (χ1v) is 7.55. The maximum absolute atomic E-state index is 10.7. The van der Waals surface area contributed by atoms with Crippen LogP contribution in [-0.4, -0.2) is 35.6 Å². The lowest BCUT2D eigenvalue weighted by Crippen LogP contribution is -2.01. The molecule has 25 heavy (non-hydrogen) atoms. The van der Waals surface area contributed by atoms with Crippen LogP contribution in [0.4, 0.5) is 5.82 Å². The second-order valence-electron chi connectivity index (χ2n) is 5.56. The summed E-state index contributed by atoms with van der Waals surface area (Å²) < 4.78 is 1.90. The molecule has 4 N–H and O–H groups in total. The van der Waals surface area contributed by atoms with E-state index >= 15 is 0 Å². The quantitative estimate of drug-likeness (QED) is 0.491. The van der Waals surface area contributed by atoms with Gasteiger partial charge in [-0.1, -0.05) is 18.2 Å². The number of carboxylic acids is 1. The number of hydrogen-bond donors (Lipinski definition) is 3. The topological polar surface area (TPSA) is 123 Å². The van der Waals surface area contributed by atoms with Crippen LogP contribution < -0.4 is 5.73 Å². The monoisotopic (exact) mass is 334 g/mol. The van der Waals surface area contributed by atoms with Crippen molar-refractivity contribution in [2.75, 3.05) is 5.73 Å². The fourth-order valence-corrected chi connectivity index (χ4v) is 2.87. The number of nitrogens with one attached hydrogen (secondary N) is 1. The zero-order valence-electron chi connectivity index (χ0n) is 13.0. The van der Waals surface area contributed by atoms with Gasteiger partial charge >= 0.3 is 5.97 Å². The molecule has 0 aliphatic rings. The molecule has 0 aliphatic carbocycles. The minimum absolute atomic E-state index is 0.350. The van der Waals surface area contributed by atoms with Crippen molar-refractivity contribution in [3.8, 4) is 0 Å². The van der Waals surface area contributed by atoms with Crippen molar-refractivity contribution in [2.24, 2.45) is 0 Å². The van der Waals surface area contributed by atoms with Crippen LogP contribution in [0.3, 0.4) is 0 Å². The van der Waals surface area contributed by atoms with Crippen molar-refractivity contribution in [2.45, 2.75) is 6.54 Å². The second-order valence-corrected chi connectivity index (χ2v) is 5.56. The fraction of sp³-hybridized carbons (Fsp3) is 0.0588. The molecule has 0 amide bonds. The van der Waals surface area contributed by atoms with Gasteiger partial charge in [0.15, 0.2) is 11.5 Å². The Morgan fingerprint density at radius 3 is 3.04 bits per heavy atom. The molecule has 0 radical (unpaired) electrons. The van der Waals surface area contributed by atoms with E-state index in [1.54, 1.807) is 18.6 Å². The van der Waals surface area contributed by atoms with Crippen LogP contribution in [0.25, 0.3) is 28.1 Å². The standard InChI is InChI=1S/C17H14N6O2/c18-16-15-17(21-8-20-16)23(9-22-15)7-11-2-1-3-12-10(4-5-13(24)25)6-19-14(11)12/h1-6,8-9,19H,7H2,(H,24,25)(H2,18,20,21). The highest BCUT2D eigenvalue weighted by Gasteiger charge is 2.11. The van der Waals surface area contributed by atoms with Crippen molar-refractivity contribution < 1.29 is 9.90 Å². The Morgan fingerprint density at radius 2 is 2.20 bits per heavy atom. The Balaban J connectivity index is 1.77. The molecule has 0 saturated heterocycles. The lowest BCUT2D eigenvalue weighted by molar-refractivity contribution is -0.131. The van der Waals surface area contributed by atoms with E-state index in [1.807, 2.05) is 22.8 Å². The zero-order valence-corrected chi connectivity index (χ0v) is 13.0. The summed E-state index contributed by atoms with van der Waals surface area (Å²) in [6, 6.07) is 5.88. The molecule has 124 valence electrons. The number of fused-ring (bicyclic) bond motifs is 2. The first kappa shape index (κ1) is 14.9. The van der Waals surface area contributed by atoms with Gasteiger partial charge in [-0.2, -0.15) is 0 Å². The fourth-order valence-electron chi connectivity index (χ4n) is 2.87. The van der Waals surface area contributed by atoms with Crippen molar-refractivity contribution in [3.63, 3.8) is 0 Å². The number of H-pyrrole nitrogens is 1. The molecule has 0 aliphatic heterocycles. The summed E-state index contributed by atoms with van der Waals surface area (Å²) in [4.78, 5) is 26.4. The van der Waals surface area contributed by atoms with Crippen LogP contribution in [0.2, 0.25) is 0 Å². The number of nitrogens with two attached hydrogens (primary N) is 1. The van der Waals surface area contributed by atoms with Gasteiger partial charge in [0, 0.05) is 23.2 Å². The highest BCUT2D eigenvalue weighted by molar-refractivity contribution is 5.94. The lowest BCUT2D eigenvalue weighted by Gasteiger charge is -2.06. The normalized spacial score (nSPS) is 11.7. The molecule has 8 heteroatoms. The van der Waals surface area contributed by atoms with Crippen molar-refractivity contribution >= 4 is 39.9 Å². The number of aromatic amines is 1. The molecule has 4 aromatic rings. The molecule has 8 nitrogen and oxygen atoms in total. The molecule has 1 aromatic carbocycles. The van der Waals surface area contributed by atoms with E-state index in [0.29, 0.717) is 23.5 Å². The van der Waals surface area contributed by atoms with Gasteiger partial charge in [-0.05, 0) is 11.6 Å². The van der Waals surface area contributed by atoms with Crippen molar-refractivity contribution in [1.82, 2.24) is 24.5 Å². The van der Waals surface area contributed by atoms with Crippen LogP contribution in [0.5, 0.6) is 0 Å². The van der Waals surface area contributed by atoms with E-state index in [4.69, 9.17) is 10.8 Å². The minimum atomic E-state index is -0.979. The van der Waals surface area contributed by atoms with Gasteiger partial charge in [0.1, 0.15) is 11.8 Å². The van der Waals surface area contributed by atoms with E-state index in [9.17, 15) is 4.79 Å². The predicted molar refractivity (Wildman–Crippen MR) is 93.8 cm³/mol. The molecule has 3 aromatic heterocycles. The first-order valence-electron chi connectivity index (χ1n) is 7.55. The number of imidazole rings is 1. The summed E-state index contributed by atoms with van der Waals surface area (Å²) in [5, 5.41) is 9.76. The van der Waals surface area contributed by atoms with Crippen LogP contribution in [-0.2, 0) is 11.3 Å². The van der Waals surface area contributed by atoms with E-state index in [0.717, 1.165) is 28.1 Å². The molecule has 4 rings (SSSR count). The number of anilines is 1. The third-order valence-electron chi connectivity index (χ3n) is 4.01. The SMILES string of the molecule is Nc1ncnc2c1ncn2Cc1cccc2c(C=CC(=O)O)c[nH]c12. The Labute approximate surface area is 141 Å². The summed E-state index contributed by atoms with van der Waals surface area (Å²) in [6.45, 7) is 0.549. The average molecular weight is 334 g/mol. The van der Waals surface area contributed by atoms with Gasteiger partial charge in [0.25, 0.3) is 0 Å². The summed E-state index contributed by atoms with van der Waals surface area (Å²) in [5.74, 6) is -0.629. The number of carboxylic acid groups (broad SMARTS) is 1. The number of carbonyl (C=O) groups is 1. The molecule has 3 heterocycles. The number of rotatable bonds is 4. The maximum atomic E-state index is 10.7. The number of nitrogen functional groups attached to an aromatic ring is 1. The number of hydrogen-bond acceptors (Lipinski definition) is 5. The van der Waals surface area contributed by atoms with Gasteiger partial charge in [0.05, 0.1) is 18.4 Å². The van der Waals surface area contributed by atoms with Crippen molar-refractivity contribution in [3.05, 3.63) is 54.3 Å². The predicted octanol–water partition coefficient (Wildman–Crippen LogP) is 2.04. The number of aliphatic carboxylic acids is 1. The molecule has 0 spiro atoms. The third-order valence-corrected chi connectivity index (χ3v) is 4.01. The zero-order chi connectivity index (χ0) is 17.4. The minimum Gasteiger partial charge on any atom is -0.478 e. The lowest BCUT2D eigenvalue weighted by atomic mass is 10.1. The highest BCUT2D eigenvalue weighted by Crippen LogP contribution is 2.24. The number of aromatic nitrogens is 5. The molecule has 0 bridgehead atoms. The van der Waals surface area contributed by atoms with Gasteiger partial charge in [-0.15, -0.1) is 0 Å². The Morgan fingerprint density at radius 1 is 1.32 bits per heavy atom. The van der Waals surface area contributed by atoms with Gasteiger partial charge in [-0.25, -0.2) is 19.7 Å². The number of nitrogens with zero attached hydrogens (tertiary/aromatic N) is 4. The Hall–Kier alpha value is -3.68. The summed E-state index contributed by atoms with van der Waals surface area (Å²) in [5.41, 5.74) is 9.86.